The summed E-state index contributed by atoms with van der Waals surface area (Å²) < 4.78 is 4.53. The SMILES string of the molecule is COC(=O)CC(O)C(O)c1ccccc1N1CCCCC1. The first-order chi connectivity index (χ1) is 10.1. The van der Waals surface area contributed by atoms with Crippen molar-refractivity contribution in [1.29, 1.82) is 0 Å². The summed E-state index contributed by atoms with van der Waals surface area (Å²) in [5.74, 6) is -0.531. The van der Waals surface area contributed by atoms with Gasteiger partial charge in [-0.05, 0) is 25.3 Å². The minimum Gasteiger partial charge on any atom is -0.469 e. The van der Waals surface area contributed by atoms with Crippen LogP contribution in [0.1, 0.15) is 37.4 Å². The third-order valence-corrected chi connectivity index (χ3v) is 3.92. The van der Waals surface area contributed by atoms with Crippen molar-refractivity contribution in [2.75, 3.05) is 25.1 Å². The quantitative estimate of drug-likeness (QED) is 0.808. The number of hydrogen-bond donors (Lipinski definition) is 2. The van der Waals surface area contributed by atoms with Crippen LogP contribution in [0.5, 0.6) is 0 Å². The molecule has 2 rings (SSSR count). The van der Waals surface area contributed by atoms with Crippen molar-refractivity contribution < 1.29 is 19.7 Å². The van der Waals surface area contributed by atoms with E-state index in [1.54, 1.807) is 6.07 Å². The Morgan fingerprint density at radius 1 is 1.24 bits per heavy atom. The Hall–Kier alpha value is -1.59. The number of aliphatic hydroxyl groups excluding tert-OH is 2. The van der Waals surface area contributed by atoms with Crippen LogP contribution in [0.25, 0.3) is 0 Å². The van der Waals surface area contributed by atoms with Gasteiger partial charge in [0.05, 0.1) is 19.6 Å². The van der Waals surface area contributed by atoms with E-state index in [1.165, 1.54) is 13.5 Å². The highest BCUT2D eigenvalue weighted by Gasteiger charge is 2.25. The number of methoxy groups -OCH3 is 1. The number of aliphatic hydroxyl groups is 2. The van der Waals surface area contributed by atoms with Crippen LogP contribution in [0.4, 0.5) is 5.69 Å². The molecular weight excluding hydrogens is 270 g/mol. The van der Waals surface area contributed by atoms with Gasteiger partial charge >= 0.3 is 5.97 Å². The predicted molar refractivity (Wildman–Crippen MR) is 80.1 cm³/mol. The number of piperidine rings is 1. The molecule has 0 saturated carbocycles. The summed E-state index contributed by atoms with van der Waals surface area (Å²) >= 11 is 0. The summed E-state index contributed by atoms with van der Waals surface area (Å²) in [5, 5.41) is 20.4. The maximum atomic E-state index is 11.2. The molecule has 0 aromatic heterocycles. The number of benzene rings is 1. The lowest BCUT2D eigenvalue weighted by Crippen LogP contribution is -2.32. The Morgan fingerprint density at radius 2 is 1.90 bits per heavy atom. The summed E-state index contributed by atoms with van der Waals surface area (Å²) in [6.07, 6.45) is 1.02. The smallest absolute Gasteiger partial charge is 0.308 e. The van der Waals surface area contributed by atoms with Crippen LogP contribution in [0.3, 0.4) is 0 Å². The Morgan fingerprint density at radius 3 is 2.57 bits per heavy atom. The zero-order chi connectivity index (χ0) is 15.2. The summed E-state index contributed by atoms with van der Waals surface area (Å²) in [7, 11) is 1.27. The van der Waals surface area contributed by atoms with Crippen molar-refractivity contribution >= 4 is 11.7 Å². The molecule has 2 atom stereocenters. The molecule has 1 aromatic rings. The van der Waals surface area contributed by atoms with Crippen molar-refractivity contribution in [2.24, 2.45) is 0 Å². The van der Waals surface area contributed by atoms with Gasteiger partial charge in [-0.25, -0.2) is 0 Å². The first-order valence-corrected chi connectivity index (χ1v) is 7.40. The first kappa shape index (κ1) is 15.8. The van der Waals surface area contributed by atoms with Crippen LogP contribution in [0.2, 0.25) is 0 Å². The molecule has 0 radical (unpaired) electrons. The van der Waals surface area contributed by atoms with Gasteiger partial charge in [-0.15, -0.1) is 0 Å². The lowest BCUT2D eigenvalue weighted by atomic mass is 9.98. The standard InChI is InChI=1S/C16H23NO4/c1-21-15(19)11-14(18)16(20)12-7-3-4-8-13(12)17-9-5-2-6-10-17/h3-4,7-8,14,16,18,20H,2,5-6,9-11H2,1H3. The van der Waals surface area contributed by atoms with E-state index in [2.05, 4.69) is 9.64 Å². The molecule has 1 saturated heterocycles. The fraction of sp³-hybridized carbons (Fsp3) is 0.562. The third kappa shape index (κ3) is 3.95. The lowest BCUT2D eigenvalue weighted by molar-refractivity contribution is -0.144. The highest BCUT2D eigenvalue weighted by atomic mass is 16.5. The van der Waals surface area contributed by atoms with Crippen LogP contribution >= 0.6 is 0 Å². The lowest BCUT2D eigenvalue weighted by Gasteiger charge is -2.32. The van der Waals surface area contributed by atoms with Crippen LogP contribution < -0.4 is 4.90 Å². The fourth-order valence-electron chi connectivity index (χ4n) is 2.73. The monoisotopic (exact) mass is 293 g/mol. The van der Waals surface area contributed by atoms with Gasteiger partial charge in [0.25, 0.3) is 0 Å². The fourth-order valence-corrected chi connectivity index (χ4v) is 2.73. The molecular formula is C16H23NO4. The zero-order valence-corrected chi connectivity index (χ0v) is 12.4. The molecule has 0 bridgehead atoms. The number of nitrogens with zero attached hydrogens (tertiary/aromatic N) is 1. The zero-order valence-electron chi connectivity index (χ0n) is 12.4. The van der Waals surface area contributed by atoms with Gasteiger partial charge in [0.15, 0.2) is 0 Å². The largest absolute Gasteiger partial charge is 0.469 e. The summed E-state index contributed by atoms with van der Waals surface area (Å²) in [5.41, 5.74) is 1.60. The Kier molecular flexibility index (Phi) is 5.59. The molecule has 0 aliphatic carbocycles. The van der Waals surface area contributed by atoms with Crippen LogP contribution in [-0.2, 0) is 9.53 Å². The molecule has 0 spiro atoms. The van der Waals surface area contributed by atoms with Gasteiger partial charge in [0.1, 0.15) is 6.10 Å². The van der Waals surface area contributed by atoms with Crippen molar-refractivity contribution in [3.05, 3.63) is 29.8 Å². The molecule has 2 N–H and O–H groups in total. The van der Waals surface area contributed by atoms with E-state index in [1.807, 2.05) is 18.2 Å². The summed E-state index contributed by atoms with van der Waals surface area (Å²) in [6, 6.07) is 7.51. The number of carbonyl (C=O) groups is 1. The minimum absolute atomic E-state index is 0.216. The van der Waals surface area contributed by atoms with Crippen LogP contribution in [0.15, 0.2) is 24.3 Å². The molecule has 2 unspecified atom stereocenters. The number of para-hydroxylation sites is 1. The molecule has 21 heavy (non-hydrogen) atoms. The Bertz CT molecular complexity index is 471. The second kappa shape index (κ2) is 7.43. The topological polar surface area (TPSA) is 70.0 Å². The van der Waals surface area contributed by atoms with Gasteiger partial charge in [-0.3, -0.25) is 4.79 Å². The molecule has 1 aliphatic heterocycles. The molecule has 0 amide bonds. The van der Waals surface area contributed by atoms with Crippen molar-refractivity contribution in [1.82, 2.24) is 0 Å². The van der Waals surface area contributed by atoms with Gasteiger partial charge in [0.2, 0.25) is 0 Å². The molecule has 1 aliphatic rings. The van der Waals surface area contributed by atoms with Gasteiger partial charge in [-0.1, -0.05) is 18.2 Å². The van der Waals surface area contributed by atoms with Crippen LogP contribution in [-0.4, -0.2) is 42.5 Å². The summed E-state index contributed by atoms with van der Waals surface area (Å²) in [4.78, 5) is 13.5. The molecule has 5 heteroatoms. The average Bonchev–Trinajstić information content (AvgIpc) is 2.54. The molecule has 1 heterocycles. The Balaban J connectivity index is 2.16. The van der Waals surface area contributed by atoms with Crippen molar-refractivity contribution in [3.8, 4) is 0 Å². The average molecular weight is 293 g/mol. The van der Waals surface area contributed by atoms with E-state index >= 15 is 0 Å². The molecule has 1 fully saturated rings. The normalized spacial score (nSPS) is 18.1. The van der Waals surface area contributed by atoms with E-state index in [0.717, 1.165) is 31.6 Å². The molecule has 1 aromatic carbocycles. The maximum Gasteiger partial charge on any atom is 0.308 e. The van der Waals surface area contributed by atoms with Crippen molar-refractivity contribution in [2.45, 2.75) is 37.9 Å². The molecule has 116 valence electrons. The van der Waals surface area contributed by atoms with Gasteiger partial charge in [0, 0.05) is 24.3 Å². The van der Waals surface area contributed by atoms with E-state index in [9.17, 15) is 15.0 Å². The van der Waals surface area contributed by atoms with Gasteiger partial charge in [-0.2, -0.15) is 0 Å². The van der Waals surface area contributed by atoms with Gasteiger partial charge < -0.3 is 19.8 Å². The second-order valence-electron chi connectivity index (χ2n) is 5.40. The first-order valence-electron chi connectivity index (χ1n) is 7.40. The highest BCUT2D eigenvalue weighted by molar-refractivity contribution is 5.70. The van der Waals surface area contributed by atoms with Crippen LogP contribution in [0, 0.1) is 0 Å². The van der Waals surface area contributed by atoms with E-state index in [0.29, 0.717) is 5.56 Å². The second-order valence-corrected chi connectivity index (χ2v) is 5.40. The van der Waals surface area contributed by atoms with E-state index in [-0.39, 0.29) is 6.42 Å². The maximum absolute atomic E-state index is 11.2. The van der Waals surface area contributed by atoms with E-state index < -0.39 is 18.2 Å². The molecule has 5 nitrogen and oxygen atoms in total. The number of rotatable bonds is 5. The Labute approximate surface area is 125 Å². The highest BCUT2D eigenvalue weighted by Crippen LogP contribution is 2.31. The third-order valence-electron chi connectivity index (χ3n) is 3.92. The van der Waals surface area contributed by atoms with E-state index in [4.69, 9.17) is 0 Å². The minimum atomic E-state index is -1.16. The predicted octanol–water partition coefficient (Wildman–Crippen LogP) is 1.63. The number of hydrogen-bond acceptors (Lipinski definition) is 5. The number of ether oxygens (including phenoxy) is 1. The number of carbonyl (C=O) groups excluding carboxylic acids is 1. The number of esters is 1. The number of anilines is 1. The summed E-state index contributed by atoms with van der Waals surface area (Å²) in [6.45, 7) is 1.91. The van der Waals surface area contributed by atoms with Crippen molar-refractivity contribution in [3.63, 3.8) is 0 Å².